The maximum Gasteiger partial charge on any atom is 2.00 e. The number of aliphatic carboxylic acids is 2. The molecular weight excluding hydrogens is 937 g/mol. The normalized spacial score (nSPS) is 11.9. The van der Waals surface area contributed by atoms with Crippen molar-refractivity contribution in [2.45, 2.75) is 387 Å². The summed E-state index contributed by atoms with van der Waals surface area (Å²) in [6.45, 7) is 8.97. The van der Waals surface area contributed by atoms with Gasteiger partial charge in [0, 0.05) is 24.8 Å². The number of hydrogen-bond donors (Lipinski definition) is 0. The van der Waals surface area contributed by atoms with Gasteiger partial charge in [-0.25, -0.2) is 0 Å². The summed E-state index contributed by atoms with van der Waals surface area (Å²) in [4.78, 5) is 45.6. The van der Waals surface area contributed by atoms with E-state index >= 15 is 0 Å². The Hall–Kier alpha value is -0.860. The Morgan fingerprint density at radius 1 is 0.260 bits per heavy atom. The van der Waals surface area contributed by atoms with Crippen LogP contribution in [0.1, 0.15) is 374 Å². The second kappa shape index (κ2) is 65.4. The van der Waals surface area contributed by atoms with Gasteiger partial charge in [-0.15, -0.1) is 0 Å². The van der Waals surface area contributed by atoms with Gasteiger partial charge in [0.15, 0.2) is 0 Å². The average molecular weight is 1060 g/mol. The summed E-state index contributed by atoms with van der Waals surface area (Å²) >= 11 is 0. The van der Waals surface area contributed by atoms with Crippen LogP contribution in [0.5, 0.6) is 0 Å². The first-order valence-corrected chi connectivity index (χ1v) is 32.0. The molecule has 428 valence electrons. The van der Waals surface area contributed by atoms with Gasteiger partial charge in [-0.2, -0.15) is 0 Å². The van der Waals surface area contributed by atoms with Crippen molar-refractivity contribution in [3.05, 3.63) is 0 Å². The van der Waals surface area contributed by atoms with Gasteiger partial charge < -0.3 is 29.3 Å². The third-order valence-corrected chi connectivity index (χ3v) is 14.6. The summed E-state index contributed by atoms with van der Waals surface area (Å²) in [6.07, 6.45) is 61.9. The molecule has 9 heteroatoms. The number of esters is 2. The number of carbonyl (C=O) groups excluding carboxylic acids is 4. The van der Waals surface area contributed by atoms with Crippen LogP contribution < -0.4 is 10.2 Å². The van der Waals surface area contributed by atoms with Crippen LogP contribution >= 0.6 is 0 Å². The van der Waals surface area contributed by atoms with Crippen molar-refractivity contribution in [2.75, 3.05) is 0 Å². The van der Waals surface area contributed by atoms with E-state index < -0.39 is 11.9 Å². The largest absolute Gasteiger partial charge is 2.00 e. The first kappa shape index (κ1) is 76.4. The number of unbranched alkanes of at least 4 members (excludes halogenated alkanes) is 40. The predicted molar refractivity (Wildman–Crippen MR) is 308 cm³/mol. The zero-order valence-corrected chi connectivity index (χ0v) is 51.5. The van der Waals surface area contributed by atoms with Crippen LogP contribution in [-0.2, 0) is 28.7 Å². The van der Waals surface area contributed by atoms with Gasteiger partial charge in [0.05, 0.1) is 0 Å². The molecule has 0 fully saturated rings. The van der Waals surface area contributed by atoms with E-state index in [9.17, 15) is 29.4 Å². The van der Waals surface area contributed by atoms with Crippen LogP contribution in [0.2, 0.25) is 0 Å². The van der Waals surface area contributed by atoms with E-state index in [2.05, 4.69) is 27.7 Å². The second-order valence-corrected chi connectivity index (χ2v) is 22.0. The summed E-state index contributed by atoms with van der Waals surface area (Å²) < 4.78 is 11.8. The fourth-order valence-electron chi connectivity index (χ4n) is 9.88. The number of carboxylic acids is 2. The number of carboxylic acid groups (broad SMARTS) is 2. The van der Waals surface area contributed by atoms with Crippen molar-refractivity contribution in [2.24, 2.45) is 0 Å². The SMILES string of the molecule is CCCCCCCCCCCCCC(=O)OC(CCCCC)CCCCCCCCCCCC(=O)[O-].CCCCCCCCCCCCCC(=O)OC(CCCCC)CCCCCCCCCCCC(=O)[O-].[Ca+2]. The smallest absolute Gasteiger partial charge is 0.550 e. The molecule has 0 amide bonds. The molecule has 0 bridgehead atoms. The predicted octanol–water partition coefficient (Wildman–Crippen LogP) is 18.1. The van der Waals surface area contributed by atoms with E-state index in [0.29, 0.717) is 12.8 Å². The molecular formula is C64H122CaO8. The van der Waals surface area contributed by atoms with Gasteiger partial charge in [0.2, 0.25) is 0 Å². The Labute approximate surface area is 483 Å². The molecule has 0 aromatic rings. The van der Waals surface area contributed by atoms with Crippen molar-refractivity contribution in [1.29, 1.82) is 0 Å². The van der Waals surface area contributed by atoms with Gasteiger partial charge >= 0.3 is 49.7 Å². The molecule has 0 aliphatic heterocycles. The molecule has 0 rings (SSSR count). The monoisotopic (exact) mass is 1060 g/mol. The van der Waals surface area contributed by atoms with Gasteiger partial charge in [-0.05, 0) is 89.9 Å². The summed E-state index contributed by atoms with van der Waals surface area (Å²) in [5.74, 6) is -1.82. The van der Waals surface area contributed by atoms with Crippen molar-refractivity contribution in [1.82, 2.24) is 0 Å². The Kier molecular flexibility index (Phi) is 68.4. The number of hydrogen-bond acceptors (Lipinski definition) is 8. The first-order valence-electron chi connectivity index (χ1n) is 32.0. The first-order chi connectivity index (χ1) is 35.2. The topological polar surface area (TPSA) is 133 Å². The molecule has 2 atom stereocenters. The minimum atomic E-state index is -0.928. The number of rotatable bonds is 58. The standard InChI is InChI=1S/2C32H62O4.Ca/c2*1-3-5-7-8-9-10-11-15-18-21-25-29-32(35)36-30(26-22-6-4-2)27-23-19-16-13-12-14-17-20-24-28-31(33)34;/h2*30H,3-29H2,1-2H3,(H,33,34);/q;;+2/p-2. The van der Waals surface area contributed by atoms with E-state index in [4.69, 9.17) is 9.47 Å². The summed E-state index contributed by atoms with van der Waals surface area (Å²) in [6, 6.07) is 0. The zero-order valence-electron chi connectivity index (χ0n) is 49.3. The van der Waals surface area contributed by atoms with E-state index in [0.717, 1.165) is 116 Å². The van der Waals surface area contributed by atoms with Crippen LogP contribution in [0.4, 0.5) is 0 Å². The number of ether oxygens (including phenoxy) is 2. The molecule has 0 aliphatic carbocycles. The van der Waals surface area contributed by atoms with Gasteiger partial charge in [0.25, 0.3) is 0 Å². The molecule has 0 N–H and O–H groups in total. The van der Waals surface area contributed by atoms with Gasteiger partial charge in [-0.3, -0.25) is 9.59 Å². The van der Waals surface area contributed by atoms with Crippen molar-refractivity contribution in [3.8, 4) is 0 Å². The average Bonchev–Trinajstić information content (AvgIpc) is 3.35. The quantitative estimate of drug-likeness (QED) is 0.0334. The van der Waals surface area contributed by atoms with Crippen molar-refractivity contribution < 1.29 is 38.9 Å². The summed E-state index contributed by atoms with van der Waals surface area (Å²) in [5, 5.41) is 20.8. The Balaban J connectivity index is -0.00000132. The molecule has 0 aromatic heterocycles. The van der Waals surface area contributed by atoms with E-state index in [1.165, 1.54) is 205 Å². The molecule has 0 heterocycles. The third kappa shape index (κ3) is 67.2. The molecule has 0 radical (unpaired) electrons. The molecule has 2 unspecified atom stereocenters. The van der Waals surface area contributed by atoms with Crippen LogP contribution in [0.15, 0.2) is 0 Å². The van der Waals surface area contributed by atoms with Gasteiger partial charge in [-0.1, -0.05) is 272 Å². The Morgan fingerprint density at radius 3 is 0.644 bits per heavy atom. The van der Waals surface area contributed by atoms with Crippen LogP contribution in [-0.4, -0.2) is 73.8 Å². The van der Waals surface area contributed by atoms with Crippen molar-refractivity contribution >= 4 is 61.6 Å². The molecule has 0 spiro atoms. The fourth-order valence-corrected chi connectivity index (χ4v) is 9.88. The maximum absolute atomic E-state index is 12.4. The summed E-state index contributed by atoms with van der Waals surface area (Å²) in [7, 11) is 0. The molecule has 0 aromatic carbocycles. The fraction of sp³-hybridized carbons (Fsp3) is 0.938. The van der Waals surface area contributed by atoms with Crippen molar-refractivity contribution in [3.63, 3.8) is 0 Å². The molecule has 73 heavy (non-hydrogen) atoms. The van der Waals surface area contributed by atoms with Crippen LogP contribution in [0.25, 0.3) is 0 Å². The third-order valence-electron chi connectivity index (χ3n) is 14.6. The molecule has 8 nitrogen and oxygen atoms in total. The van der Waals surface area contributed by atoms with Gasteiger partial charge in [0.1, 0.15) is 12.2 Å². The molecule has 0 aliphatic rings. The second-order valence-electron chi connectivity index (χ2n) is 22.0. The van der Waals surface area contributed by atoms with E-state index in [1.807, 2.05) is 0 Å². The number of carbonyl (C=O) groups is 4. The van der Waals surface area contributed by atoms with E-state index in [1.54, 1.807) is 0 Å². The van der Waals surface area contributed by atoms with E-state index in [-0.39, 0.29) is 74.7 Å². The molecule has 0 saturated carbocycles. The Bertz CT molecular complexity index is 1050. The Morgan fingerprint density at radius 2 is 0.425 bits per heavy atom. The summed E-state index contributed by atoms with van der Waals surface area (Å²) in [5.41, 5.74) is 0. The molecule has 0 saturated heterocycles. The maximum atomic E-state index is 12.4. The minimum absolute atomic E-state index is 0. The van der Waals surface area contributed by atoms with Crippen LogP contribution in [0.3, 0.4) is 0 Å². The zero-order chi connectivity index (χ0) is 53.1. The van der Waals surface area contributed by atoms with Crippen LogP contribution in [0, 0.1) is 0 Å². The minimum Gasteiger partial charge on any atom is -0.550 e.